The molecule has 2 aromatic carbocycles. The van der Waals surface area contributed by atoms with E-state index in [1.165, 1.54) is 60.4 Å². The van der Waals surface area contributed by atoms with Gasteiger partial charge in [-0.1, -0.05) is 44.5 Å². The first-order valence-electron chi connectivity index (χ1n) is 23.1. The first-order valence-corrected chi connectivity index (χ1v) is 23.1. The average molecular weight is 985 g/mol. The lowest BCUT2D eigenvalue weighted by Gasteiger charge is -2.30. The Balaban J connectivity index is 1.91. The second kappa shape index (κ2) is 28.6. The predicted molar refractivity (Wildman–Crippen MR) is 251 cm³/mol. The van der Waals surface area contributed by atoms with Crippen LogP contribution in [0.1, 0.15) is 70.4 Å². The Labute approximate surface area is 405 Å². The standard InChI is InChI=1S/C46H68N10O14/c1-4-25(2)38(44(67)50-31(8-5-6-18-47)39(62)54-35(24-58)46(69)70)55-42(65)34(23-57)53-41(64)32(20-27-10-14-29(59)15-11-27)51-40(63)33(21-28-12-16-30(60)17-13-28)52-43(66)36-9-7-19-56(36)45(68)26(3)49-37(61)22-48/h10-17,25-26,31-36,38,57-60H,4-9,18-24,47-48H2,1-3H3,(H,49,61)(H,50,67)(H,51,63)(H,52,66)(H,53,64)(H,54,62)(H,55,65)(H,69,70)/t25-,26-,31-,32-,33-,34-,35-,36-,38-/m0/s1. The number of hydrogen-bond acceptors (Lipinski definition) is 15. The van der Waals surface area contributed by atoms with Crippen LogP contribution < -0.4 is 48.7 Å². The summed E-state index contributed by atoms with van der Waals surface area (Å²) in [5.41, 5.74) is 11.9. The van der Waals surface area contributed by atoms with Gasteiger partial charge in [0.05, 0.1) is 19.8 Å². The minimum Gasteiger partial charge on any atom is -0.508 e. The number of hydrogen-bond donors (Lipinski definition) is 14. The molecular formula is C46H68N10O14. The summed E-state index contributed by atoms with van der Waals surface area (Å²) in [5, 5.41) is 66.6. The number of carboxylic acid groups (broad SMARTS) is 1. The number of benzene rings is 2. The number of phenols is 2. The second-order valence-electron chi connectivity index (χ2n) is 17.1. The number of nitrogens with one attached hydrogen (secondary N) is 7. The van der Waals surface area contributed by atoms with E-state index in [1.54, 1.807) is 13.8 Å². The van der Waals surface area contributed by atoms with Crippen molar-refractivity contribution < 1.29 is 68.7 Å². The summed E-state index contributed by atoms with van der Waals surface area (Å²) < 4.78 is 0. The summed E-state index contributed by atoms with van der Waals surface area (Å²) in [5.74, 6) is -8.83. The summed E-state index contributed by atoms with van der Waals surface area (Å²) in [6, 6.07) is 0.307. The van der Waals surface area contributed by atoms with E-state index in [0.29, 0.717) is 36.8 Å². The van der Waals surface area contributed by atoms with Crippen molar-refractivity contribution in [1.29, 1.82) is 0 Å². The minimum absolute atomic E-state index is 0.0190. The number of amides is 8. The van der Waals surface area contributed by atoms with Crippen LogP contribution in [0.2, 0.25) is 0 Å². The van der Waals surface area contributed by atoms with Gasteiger partial charge < -0.3 is 79.1 Å². The van der Waals surface area contributed by atoms with Gasteiger partial charge in [0.1, 0.15) is 59.8 Å². The Morgan fingerprint density at radius 1 is 0.643 bits per heavy atom. The molecule has 1 fully saturated rings. The summed E-state index contributed by atoms with van der Waals surface area (Å²) in [4.78, 5) is 121. The molecule has 70 heavy (non-hydrogen) atoms. The number of aliphatic hydroxyl groups is 2. The molecule has 0 saturated carbocycles. The third kappa shape index (κ3) is 17.6. The van der Waals surface area contributed by atoms with E-state index in [9.17, 15) is 68.7 Å². The molecular weight excluding hydrogens is 917 g/mol. The SMILES string of the molecule is CC[C@H](C)[C@H](NC(=O)[C@H](CO)NC(=O)[C@H](Cc1ccc(O)cc1)NC(=O)[C@H](Cc1ccc(O)cc1)NC(=O)[C@@H]1CCCN1C(=O)[C@H](C)NC(=O)CN)C(=O)N[C@@H](CCCCN)C(=O)N[C@@H](CO)C(=O)O. The number of aliphatic hydroxyl groups excluding tert-OH is 2. The Hall–Kier alpha value is -6.89. The molecule has 1 aliphatic heterocycles. The highest BCUT2D eigenvalue weighted by Gasteiger charge is 2.39. The first-order chi connectivity index (χ1) is 33.3. The largest absolute Gasteiger partial charge is 0.508 e. The number of nitrogens with two attached hydrogens (primary N) is 2. The normalized spacial score (nSPS) is 16.7. The molecule has 1 aliphatic rings. The fourth-order valence-corrected chi connectivity index (χ4v) is 7.51. The zero-order valence-corrected chi connectivity index (χ0v) is 39.5. The van der Waals surface area contributed by atoms with Crippen molar-refractivity contribution in [3.8, 4) is 11.5 Å². The van der Waals surface area contributed by atoms with Crippen LogP contribution in [0.3, 0.4) is 0 Å². The van der Waals surface area contributed by atoms with Crippen LogP contribution in [0.5, 0.6) is 11.5 Å². The van der Waals surface area contributed by atoms with E-state index in [-0.39, 0.29) is 56.8 Å². The number of nitrogens with zero attached hydrogens (tertiary/aromatic N) is 1. The minimum atomic E-state index is -1.73. The Bertz CT molecular complexity index is 2110. The van der Waals surface area contributed by atoms with Gasteiger partial charge in [-0.3, -0.25) is 38.4 Å². The number of phenolic OH excluding ortho intramolecular Hbond substituents is 2. The topological polar surface area (TPSA) is 394 Å². The van der Waals surface area contributed by atoms with E-state index in [0.717, 1.165) is 0 Å². The van der Waals surface area contributed by atoms with Crippen LogP contribution >= 0.6 is 0 Å². The van der Waals surface area contributed by atoms with Crippen LogP contribution in [0, 0.1) is 5.92 Å². The maximum Gasteiger partial charge on any atom is 0.328 e. The van der Waals surface area contributed by atoms with Crippen LogP contribution in [0.4, 0.5) is 0 Å². The molecule has 3 rings (SSSR count). The van der Waals surface area contributed by atoms with Crippen molar-refractivity contribution >= 4 is 53.2 Å². The summed E-state index contributed by atoms with van der Waals surface area (Å²) in [6.45, 7) is 2.93. The maximum atomic E-state index is 14.4. The Kier molecular flexibility index (Phi) is 23.4. The van der Waals surface area contributed by atoms with E-state index >= 15 is 0 Å². The van der Waals surface area contributed by atoms with Crippen LogP contribution in [-0.4, -0.2) is 165 Å². The number of carboxylic acids is 1. The third-order valence-electron chi connectivity index (χ3n) is 11.8. The smallest absolute Gasteiger partial charge is 0.328 e. The lowest BCUT2D eigenvalue weighted by atomic mass is 9.97. The van der Waals surface area contributed by atoms with Gasteiger partial charge in [-0.2, -0.15) is 0 Å². The highest BCUT2D eigenvalue weighted by Crippen LogP contribution is 2.20. The maximum absolute atomic E-state index is 14.4. The van der Waals surface area contributed by atoms with Crippen molar-refractivity contribution in [2.24, 2.45) is 17.4 Å². The predicted octanol–water partition coefficient (Wildman–Crippen LogP) is -3.51. The second-order valence-corrected chi connectivity index (χ2v) is 17.1. The zero-order valence-electron chi connectivity index (χ0n) is 39.5. The zero-order chi connectivity index (χ0) is 52.1. The fourth-order valence-electron chi connectivity index (χ4n) is 7.51. The van der Waals surface area contributed by atoms with E-state index in [2.05, 4.69) is 37.2 Å². The molecule has 0 aliphatic carbocycles. The van der Waals surface area contributed by atoms with Gasteiger partial charge in [0.2, 0.25) is 47.3 Å². The molecule has 0 spiro atoms. The van der Waals surface area contributed by atoms with Crippen molar-refractivity contribution in [3.05, 3.63) is 59.7 Å². The molecule has 386 valence electrons. The lowest BCUT2D eigenvalue weighted by Crippen LogP contribution is -2.62. The van der Waals surface area contributed by atoms with Crippen LogP contribution in [0.25, 0.3) is 0 Å². The van der Waals surface area contributed by atoms with Gasteiger partial charge in [0.25, 0.3) is 0 Å². The molecule has 24 nitrogen and oxygen atoms in total. The molecule has 24 heteroatoms. The van der Waals surface area contributed by atoms with Gasteiger partial charge >= 0.3 is 5.97 Å². The molecule has 9 atom stereocenters. The number of carbonyl (C=O) groups is 9. The number of rotatable bonds is 28. The Morgan fingerprint density at radius 3 is 1.63 bits per heavy atom. The van der Waals surface area contributed by atoms with Crippen LogP contribution in [0.15, 0.2) is 48.5 Å². The monoisotopic (exact) mass is 984 g/mol. The molecule has 1 saturated heterocycles. The molecule has 2 aromatic rings. The van der Waals surface area contributed by atoms with Crippen LogP contribution in [-0.2, 0) is 56.0 Å². The van der Waals surface area contributed by atoms with E-state index in [4.69, 9.17) is 11.5 Å². The van der Waals surface area contributed by atoms with Gasteiger partial charge in [0.15, 0.2) is 0 Å². The number of unbranched alkanes of at least 4 members (excludes halogenated alkanes) is 1. The summed E-state index contributed by atoms with van der Waals surface area (Å²) in [6.07, 6.45) is 1.36. The number of carbonyl (C=O) groups excluding carboxylic acids is 8. The van der Waals surface area contributed by atoms with Crippen molar-refractivity contribution in [1.82, 2.24) is 42.1 Å². The van der Waals surface area contributed by atoms with Gasteiger partial charge in [-0.15, -0.1) is 0 Å². The molecule has 0 unspecified atom stereocenters. The molecule has 0 aromatic heterocycles. The number of aliphatic carboxylic acids is 1. The quantitative estimate of drug-likeness (QED) is 0.0368. The lowest BCUT2D eigenvalue weighted by molar-refractivity contribution is -0.143. The number of likely N-dealkylation sites (tertiary alicyclic amines) is 1. The molecule has 8 amide bonds. The average Bonchev–Trinajstić information content (AvgIpc) is 3.84. The molecule has 1 heterocycles. The van der Waals surface area contributed by atoms with Crippen molar-refractivity contribution in [3.63, 3.8) is 0 Å². The molecule has 0 radical (unpaired) electrons. The Morgan fingerprint density at radius 2 is 1.13 bits per heavy atom. The van der Waals surface area contributed by atoms with Gasteiger partial charge in [0, 0.05) is 19.4 Å². The summed E-state index contributed by atoms with van der Waals surface area (Å²) in [7, 11) is 0. The van der Waals surface area contributed by atoms with E-state index in [1.807, 2.05) is 0 Å². The molecule has 16 N–H and O–H groups in total. The third-order valence-corrected chi connectivity index (χ3v) is 11.8. The highest BCUT2D eigenvalue weighted by molar-refractivity contribution is 5.98. The first kappa shape index (κ1) is 57.4. The van der Waals surface area contributed by atoms with Crippen molar-refractivity contribution in [2.75, 3.05) is 32.8 Å². The number of aromatic hydroxyl groups is 2. The van der Waals surface area contributed by atoms with Crippen molar-refractivity contribution in [2.45, 2.75) is 120 Å². The van der Waals surface area contributed by atoms with E-state index < -0.39 is 121 Å². The fraction of sp³-hybridized carbons (Fsp3) is 0.543. The highest BCUT2D eigenvalue weighted by atomic mass is 16.4. The van der Waals surface area contributed by atoms with Gasteiger partial charge in [-0.25, -0.2) is 4.79 Å². The van der Waals surface area contributed by atoms with Gasteiger partial charge in [-0.05, 0) is 86.9 Å². The summed E-state index contributed by atoms with van der Waals surface area (Å²) >= 11 is 0. The molecule has 0 bridgehead atoms.